The van der Waals surface area contributed by atoms with E-state index in [1.54, 1.807) is 23.1 Å². The Hall–Kier alpha value is -2.30. The molecule has 0 bridgehead atoms. The number of hydrogen-bond donors (Lipinski definition) is 0. The first-order valence-corrected chi connectivity index (χ1v) is 6.57. The zero-order valence-corrected chi connectivity index (χ0v) is 11.0. The average molecular weight is 274 g/mol. The SMILES string of the molecule is O=C(c1ccco1)N1CCN(c2cccc(F)c2)CC1. The Kier molecular flexibility index (Phi) is 3.41. The van der Waals surface area contributed by atoms with E-state index < -0.39 is 0 Å². The predicted octanol–water partition coefficient (Wildman–Crippen LogP) is 2.38. The maximum absolute atomic E-state index is 13.2. The van der Waals surface area contributed by atoms with Crippen LogP contribution >= 0.6 is 0 Å². The number of anilines is 1. The number of carbonyl (C=O) groups is 1. The lowest BCUT2D eigenvalue weighted by atomic mass is 10.2. The van der Waals surface area contributed by atoms with E-state index in [4.69, 9.17) is 4.42 Å². The number of benzene rings is 1. The smallest absolute Gasteiger partial charge is 0.289 e. The van der Waals surface area contributed by atoms with Gasteiger partial charge in [0.25, 0.3) is 5.91 Å². The summed E-state index contributed by atoms with van der Waals surface area (Å²) in [6.07, 6.45) is 1.50. The highest BCUT2D eigenvalue weighted by Crippen LogP contribution is 2.18. The third kappa shape index (κ3) is 2.52. The molecule has 1 aliphatic rings. The van der Waals surface area contributed by atoms with Crippen molar-refractivity contribution < 1.29 is 13.6 Å². The Labute approximate surface area is 116 Å². The van der Waals surface area contributed by atoms with Crippen LogP contribution in [-0.2, 0) is 0 Å². The minimum atomic E-state index is -0.239. The first-order chi connectivity index (χ1) is 9.74. The van der Waals surface area contributed by atoms with E-state index >= 15 is 0 Å². The number of furan rings is 1. The van der Waals surface area contributed by atoms with Crippen LogP contribution in [-0.4, -0.2) is 37.0 Å². The largest absolute Gasteiger partial charge is 0.459 e. The summed E-state index contributed by atoms with van der Waals surface area (Å²) in [5.74, 6) is 0.0367. The Morgan fingerprint density at radius 3 is 2.55 bits per heavy atom. The van der Waals surface area contributed by atoms with Gasteiger partial charge in [-0.15, -0.1) is 0 Å². The molecule has 0 aliphatic carbocycles. The zero-order valence-electron chi connectivity index (χ0n) is 11.0. The molecule has 2 heterocycles. The maximum Gasteiger partial charge on any atom is 0.289 e. The first-order valence-electron chi connectivity index (χ1n) is 6.57. The van der Waals surface area contributed by atoms with Crippen molar-refractivity contribution >= 4 is 11.6 Å². The molecule has 1 saturated heterocycles. The zero-order chi connectivity index (χ0) is 13.9. The van der Waals surface area contributed by atoms with Crippen LogP contribution in [0.25, 0.3) is 0 Å². The van der Waals surface area contributed by atoms with Gasteiger partial charge in [-0.05, 0) is 30.3 Å². The van der Waals surface area contributed by atoms with E-state index in [2.05, 4.69) is 4.90 Å². The molecule has 3 rings (SSSR count). The van der Waals surface area contributed by atoms with Crippen molar-refractivity contribution in [1.82, 2.24) is 4.90 Å². The van der Waals surface area contributed by atoms with Crippen LogP contribution in [0.15, 0.2) is 47.1 Å². The van der Waals surface area contributed by atoms with Gasteiger partial charge in [-0.3, -0.25) is 4.79 Å². The Balaban J connectivity index is 1.64. The summed E-state index contributed by atoms with van der Waals surface area (Å²) in [6, 6.07) is 9.90. The number of nitrogens with zero attached hydrogens (tertiary/aromatic N) is 2. The number of carbonyl (C=O) groups excluding carboxylic acids is 1. The second-order valence-corrected chi connectivity index (χ2v) is 4.74. The van der Waals surface area contributed by atoms with Gasteiger partial charge in [-0.2, -0.15) is 0 Å². The van der Waals surface area contributed by atoms with E-state index in [1.807, 2.05) is 6.07 Å². The number of halogens is 1. The summed E-state index contributed by atoms with van der Waals surface area (Å²) < 4.78 is 18.3. The number of amides is 1. The van der Waals surface area contributed by atoms with Gasteiger partial charge >= 0.3 is 0 Å². The summed E-state index contributed by atoms with van der Waals surface area (Å²) in [5, 5.41) is 0. The molecule has 1 aliphatic heterocycles. The highest BCUT2D eigenvalue weighted by atomic mass is 19.1. The molecular formula is C15H15FN2O2. The fourth-order valence-electron chi connectivity index (χ4n) is 2.40. The van der Waals surface area contributed by atoms with Crippen LogP contribution in [0.4, 0.5) is 10.1 Å². The first kappa shape index (κ1) is 12.7. The van der Waals surface area contributed by atoms with E-state index in [1.165, 1.54) is 18.4 Å². The lowest BCUT2D eigenvalue weighted by Crippen LogP contribution is -2.48. The highest BCUT2D eigenvalue weighted by molar-refractivity contribution is 5.91. The van der Waals surface area contributed by atoms with Gasteiger partial charge in [0.15, 0.2) is 5.76 Å². The van der Waals surface area contributed by atoms with Gasteiger partial charge in [0.05, 0.1) is 6.26 Å². The number of rotatable bonds is 2. The van der Waals surface area contributed by atoms with Crippen molar-refractivity contribution in [2.75, 3.05) is 31.1 Å². The fraction of sp³-hybridized carbons (Fsp3) is 0.267. The van der Waals surface area contributed by atoms with Crippen LogP contribution in [0.2, 0.25) is 0 Å². The molecular weight excluding hydrogens is 259 g/mol. The summed E-state index contributed by atoms with van der Waals surface area (Å²) in [7, 11) is 0. The van der Waals surface area contributed by atoms with Crippen molar-refractivity contribution in [2.24, 2.45) is 0 Å². The fourth-order valence-corrected chi connectivity index (χ4v) is 2.40. The molecule has 0 radical (unpaired) electrons. The second-order valence-electron chi connectivity index (χ2n) is 4.74. The molecule has 20 heavy (non-hydrogen) atoms. The van der Waals surface area contributed by atoms with Crippen LogP contribution < -0.4 is 4.90 Å². The molecule has 0 N–H and O–H groups in total. The standard InChI is InChI=1S/C15H15FN2O2/c16-12-3-1-4-13(11-12)17-6-8-18(9-7-17)15(19)14-5-2-10-20-14/h1-5,10-11H,6-9H2. The van der Waals surface area contributed by atoms with E-state index in [-0.39, 0.29) is 11.7 Å². The van der Waals surface area contributed by atoms with Crippen molar-refractivity contribution in [3.8, 4) is 0 Å². The van der Waals surface area contributed by atoms with E-state index in [9.17, 15) is 9.18 Å². The molecule has 1 aromatic heterocycles. The number of piperazine rings is 1. The van der Waals surface area contributed by atoms with Crippen molar-refractivity contribution in [3.63, 3.8) is 0 Å². The molecule has 1 amide bonds. The monoisotopic (exact) mass is 274 g/mol. The maximum atomic E-state index is 13.2. The third-order valence-corrected chi connectivity index (χ3v) is 3.47. The van der Waals surface area contributed by atoms with Crippen molar-refractivity contribution in [2.45, 2.75) is 0 Å². The topological polar surface area (TPSA) is 36.7 Å². The lowest BCUT2D eigenvalue weighted by Gasteiger charge is -2.35. The summed E-state index contributed by atoms with van der Waals surface area (Å²) in [6.45, 7) is 2.60. The van der Waals surface area contributed by atoms with E-state index in [0.717, 1.165) is 5.69 Å². The van der Waals surface area contributed by atoms with Gasteiger partial charge in [-0.25, -0.2) is 4.39 Å². The Morgan fingerprint density at radius 2 is 1.90 bits per heavy atom. The van der Waals surface area contributed by atoms with Crippen LogP contribution in [0.5, 0.6) is 0 Å². The highest BCUT2D eigenvalue weighted by Gasteiger charge is 2.23. The molecule has 104 valence electrons. The van der Waals surface area contributed by atoms with Gasteiger partial charge in [0.1, 0.15) is 5.82 Å². The molecule has 5 heteroatoms. The second kappa shape index (κ2) is 5.36. The molecule has 1 aromatic carbocycles. The summed E-state index contributed by atoms with van der Waals surface area (Å²) >= 11 is 0. The molecule has 2 aromatic rings. The summed E-state index contributed by atoms with van der Waals surface area (Å²) in [4.78, 5) is 15.9. The minimum Gasteiger partial charge on any atom is -0.459 e. The Bertz CT molecular complexity index is 590. The van der Waals surface area contributed by atoms with Gasteiger partial charge < -0.3 is 14.2 Å². The van der Waals surface area contributed by atoms with Crippen molar-refractivity contribution in [1.29, 1.82) is 0 Å². The normalized spacial score (nSPS) is 15.4. The average Bonchev–Trinajstić information content (AvgIpc) is 3.01. The molecule has 0 atom stereocenters. The lowest BCUT2D eigenvalue weighted by molar-refractivity contribution is 0.0714. The predicted molar refractivity (Wildman–Crippen MR) is 73.2 cm³/mol. The van der Waals surface area contributed by atoms with Gasteiger partial charge in [0, 0.05) is 31.9 Å². The van der Waals surface area contributed by atoms with E-state index in [0.29, 0.717) is 31.9 Å². The molecule has 1 fully saturated rings. The van der Waals surface area contributed by atoms with Crippen LogP contribution in [0, 0.1) is 5.82 Å². The van der Waals surface area contributed by atoms with Gasteiger partial charge in [-0.1, -0.05) is 6.07 Å². The number of hydrogen-bond acceptors (Lipinski definition) is 3. The quantitative estimate of drug-likeness (QED) is 0.843. The van der Waals surface area contributed by atoms with Gasteiger partial charge in [0.2, 0.25) is 0 Å². The van der Waals surface area contributed by atoms with Crippen LogP contribution in [0.3, 0.4) is 0 Å². The third-order valence-electron chi connectivity index (χ3n) is 3.47. The molecule has 0 unspecified atom stereocenters. The summed E-state index contributed by atoms with van der Waals surface area (Å²) in [5.41, 5.74) is 0.857. The molecule has 0 saturated carbocycles. The van der Waals surface area contributed by atoms with Crippen molar-refractivity contribution in [3.05, 3.63) is 54.2 Å². The Morgan fingerprint density at radius 1 is 1.10 bits per heavy atom. The molecule has 4 nitrogen and oxygen atoms in total. The molecule has 0 spiro atoms. The van der Waals surface area contributed by atoms with Crippen LogP contribution in [0.1, 0.15) is 10.6 Å². The minimum absolute atomic E-state index is 0.0890.